The Balaban J connectivity index is 1.65. The zero-order valence-corrected chi connectivity index (χ0v) is 14.9. The van der Waals surface area contributed by atoms with Gasteiger partial charge in [-0.3, -0.25) is 9.48 Å². The molecular weight excluding hydrogens is 320 g/mol. The Hall–Kier alpha value is -2.48. The van der Waals surface area contributed by atoms with Crippen LogP contribution < -0.4 is 10.2 Å². The number of carbonyl (C=O) groups excluding carboxylic acids is 1. The number of hydrogen-bond acceptors (Lipinski definition) is 6. The molecular formula is C17H24N6O2. The van der Waals surface area contributed by atoms with E-state index in [4.69, 9.17) is 0 Å². The van der Waals surface area contributed by atoms with Gasteiger partial charge in [-0.25, -0.2) is 9.97 Å². The first kappa shape index (κ1) is 17.3. The topological polar surface area (TPSA) is 96.2 Å². The maximum Gasteiger partial charge on any atom is 0.254 e. The first-order chi connectivity index (χ1) is 11.9. The number of amides is 1. The number of rotatable bonds is 4. The Kier molecular flexibility index (Phi) is 4.71. The van der Waals surface area contributed by atoms with Crippen LogP contribution in [-0.2, 0) is 7.05 Å². The lowest BCUT2D eigenvalue weighted by atomic mass is 9.92. The fourth-order valence-corrected chi connectivity index (χ4v) is 3.23. The van der Waals surface area contributed by atoms with Gasteiger partial charge >= 0.3 is 0 Å². The number of nitrogens with one attached hydrogen (secondary N) is 1. The summed E-state index contributed by atoms with van der Waals surface area (Å²) in [7, 11) is 1.78. The highest BCUT2D eigenvalue weighted by Gasteiger charge is 2.34. The lowest BCUT2D eigenvalue weighted by Gasteiger charge is -2.39. The van der Waals surface area contributed by atoms with Crippen LogP contribution in [0, 0.1) is 13.8 Å². The van der Waals surface area contributed by atoms with Gasteiger partial charge in [-0.15, -0.1) is 0 Å². The van der Waals surface area contributed by atoms with Crippen LogP contribution in [0.3, 0.4) is 0 Å². The van der Waals surface area contributed by atoms with Crippen molar-refractivity contribution in [2.45, 2.75) is 32.3 Å². The summed E-state index contributed by atoms with van der Waals surface area (Å²) < 4.78 is 1.61. The minimum Gasteiger partial charge on any atom is -0.386 e. The third-order valence-corrected chi connectivity index (χ3v) is 4.50. The van der Waals surface area contributed by atoms with Crippen LogP contribution in [0.25, 0.3) is 0 Å². The van der Waals surface area contributed by atoms with Gasteiger partial charge in [0.2, 0.25) is 0 Å². The van der Waals surface area contributed by atoms with Crippen molar-refractivity contribution in [3.63, 3.8) is 0 Å². The van der Waals surface area contributed by atoms with Gasteiger partial charge in [-0.05, 0) is 26.7 Å². The van der Waals surface area contributed by atoms with E-state index in [1.54, 1.807) is 24.9 Å². The Labute approximate surface area is 146 Å². The van der Waals surface area contributed by atoms with E-state index in [0.29, 0.717) is 24.2 Å². The molecule has 0 aliphatic carbocycles. The van der Waals surface area contributed by atoms with Gasteiger partial charge in [-0.1, -0.05) is 0 Å². The SMILES string of the molecule is Cc1cc(N2CCC[C@](O)(CNC(=O)c3cn(C)nc3C)C2)ncn1. The largest absolute Gasteiger partial charge is 0.386 e. The van der Waals surface area contributed by atoms with Crippen molar-refractivity contribution in [3.05, 3.63) is 35.5 Å². The molecule has 2 aromatic heterocycles. The van der Waals surface area contributed by atoms with E-state index in [-0.39, 0.29) is 12.5 Å². The van der Waals surface area contributed by atoms with Gasteiger partial charge in [0, 0.05) is 44.6 Å². The molecule has 0 spiro atoms. The number of piperidine rings is 1. The van der Waals surface area contributed by atoms with Crippen LogP contribution in [0.4, 0.5) is 5.82 Å². The second kappa shape index (κ2) is 6.79. The maximum atomic E-state index is 12.4. The molecule has 3 heterocycles. The molecule has 134 valence electrons. The summed E-state index contributed by atoms with van der Waals surface area (Å²) in [6.07, 6.45) is 4.69. The van der Waals surface area contributed by atoms with Crippen LogP contribution in [0.5, 0.6) is 0 Å². The summed E-state index contributed by atoms with van der Waals surface area (Å²) in [6, 6.07) is 1.91. The lowest BCUT2D eigenvalue weighted by molar-refractivity contribution is 0.0254. The summed E-state index contributed by atoms with van der Waals surface area (Å²) in [4.78, 5) is 22.8. The number of hydrogen-bond donors (Lipinski definition) is 2. The molecule has 1 fully saturated rings. The number of carbonyl (C=O) groups is 1. The van der Waals surface area contributed by atoms with Crippen molar-refractivity contribution >= 4 is 11.7 Å². The summed E-state index contributed by atoms with van der Waals surface area (Å²) in [5.74, 6) is 0.592. The lowest BCUT2D eigenvalue weighted by Crippen LogP contribution is -2.54. The van der Waals surface area contributed by atoms with E-state index >= 15 is 0 Å². The van der Waals surface area contributed by atoms with E-state index in [1.165, 1.54) is 6.33 Å². The zero-order valence-electron chi connectivity index (χ0n) is 14.9. The summed E-state index contributed by atoms with van der Waals surface area (Å²) in [5.41, 5.74) is 1.11. The van der Waals surface area contributed by atoms with Gasteiger partial charge in [-0.2, -0.15) is 5.10 Å². The van der Waals surface area contributed by atoms with Crippen molar-refractivity contribution in [1.29, 1.82) is 0 Å². The standard InChI is InChI=1S/C17H24N6O2/c1-12-7-15(20-11-19-12)23-6-4-5-17(25,10-23)9-18-16(24)14-8-22(3)21-13(14)2/h7-8,11,25H,4-6,9-10H2,1-3H3,(H,18,24)/t17-/m0/s1. The number of anilines is 1. The maximum absolute atomic E-state index is 12.4. The van der Waals surface area contributed by atoms with Crippen molar-refractivity contribution in [2.75, 3.05) is 24.5 Å². The third-order valence-electron chi connectivity index (χ3n) is 4.50. The molecule has 1 saturated heterocycles. The molecule has 8 nitrogen and oxygen atoms in total. The van der Waals surface area contributed by atoms with Gasteiger partial charge in [0.1, 0.15) is 12.1 Å². The molecule has 8 heteroatoms. The van der Waals surface area contributed by atoms with Gasteiger partial charge in [0.25, 0.3) is 5.91 Å². The van der Waals surface area contributed by atoms with E-state index < -0.39 is 5.60 Å². The van der Waals surface area contributed by atoms with Crippen LogP contribution in [0.15, 0.2) is 18.6 Å². The molecule has 1 aliphatic rings. The molecule has 0 saturated carbocycles. The number of aliphatic hydroxyl groups is 1. The van der Waals surface area contributed by atoms with E-state index in [1.807, 2.05) is 17.9 Å². The molecule has 0 aromatic carbocycles. The highest BCUT2D eigenvalue weighted by molar-refractivity contribution is 5.95. The van der Waals surface area contributed by atoms with Crippen molar-refractivity contribution < 1.29 is 9.90 Å². The zero-order chi connectivity index (χ0) is 18.0. The molecule has 2 N–H and O–H groups in total. The Morgan fingerprint density at radius 1 is 1.40 bits per heavy atom. The monoisotopic (exact) mass is 344 g/mol. The van der Waals surface area contributed by atoms with E-state index in [0.717, 1.165) is 24.5 Å². The molecule has 25 heavy (non-hydrogen) atoms. The smallest absolute Gasteiger partial charge is 0.254 e. The van der Waals surface area contributed by atoms with Crippen LogP contribution in [0.1, 0.15) is 34.6 Å². The van der Waals surface area contributed by atoms with Crippen molar-refractivity contribution in [1.82, 2.24) is 25.1 Å². The summed E-state index contributed by atoms with van der Waals surface area (Å²) >= 11 is 0. The van der Waals surface area contributed by atoms with Crippen LogP contribution in [0.2, 0.25) is 0 Å². The quantitative estimate of drug-likeness (QED) is 0.843. The van der Waals surface area contributed by atoms with Crippen molar-refractivity contribution in [3.8, 4) is 0 Å². The van der Waals surface area contributed by atoms with Crippen LogP contribution in [-0.4, -0.2) is 56.0 Å². The molecule has 0 radical (unpaired) electrons. The first-order valence-electron chi connectivity index (χ1n) is 8.41. The predicted molar refractivity (Wildman–Crippen MR) is 93.4 cm³/mol. The average Bonchev–Trinajstić information content (AvgIpc) is 2.91. The fourth-order valence-electron chi connectivity index (χ4n) is 3.23. The van der Waals surface area contributed by atoms with Crippen molar-refractivity contribution in [2.24, 2.45) is 7.05 Å². The minimum absolute atomic E-state index is 0.195. The average molecular weight is 344 g/mol. The molecule has 1 aliphatic heterocycles. The summed E-state index contributed by atoms with van der Waals surface area (Å²) in [5, 5.41) is 17.9. The molecule has 2 aromatic rings. The predicted octanol–water partition coefficient (Wildman–Crippen LogP) is 0.588. The second-order valence-corrected chi connectivity index (χ2v) is 6.75. The number of β-amino-alcohol motifs (C(OH)–C–C–N with tert-alkyl or cyclic N) is 1. The first-order valence-corrected chi connectivity index (χ1v) is 8.41. The minimum atomic E-state index is -0.983. The van der Waals surface area contributed by atoms with Gasteiger partial charge in [0.15, 0.2) is 0 Å². The second-order valence-electron chi connectivity index (χ2n) is 6.75. The molecule has 0 bridgehead atoms. The molecule has 0 unspecified atom stereocenters. The summed E-state index contributed by atoms with van der Waals surface area (Å²) in [6.45, 7) is 5.16. The van der Waals surface area contributed by atoms with Gasteiger partial charge < -0.3 is 15.3 Å². The molecule has 1 atom stereocenters. The van der Waals surface area contributed by atoms with E-state index in [9.17, 15) is 9.90 Å². The Bertz CT molecular complexity index is 774. The Morgan fingerprint density at radius 2 is 2.20 bits per heavy atom. The Morgan fingerprint density at radius 3 is 2.88 bits per heavy atom. The third kappa shape index (κ3) is 3.96. The highest BCUT2D eigenvalue weighted by atomic mass is 16.3. The highest BCUT2D eigenvalue weighted by Crippen LogP contribution is 2.24. The number of aromatic nitrogens is 4. The molecule has 3 rings (SSSR count). The molecule has 1 amide bonds. The van der Waals surface area contributed by atoms with Crippen LogP contribution >= 0.6 is 0 Å². The van der Waals surface area contributed by atoms with Gasteiger partial charge in [0.05, 0.1) is 16.9 Å². The van der Waals surface area contributed by atoms with E-state index in [2.05, 4.69) is 20.4 Å². The number of aryl methyl sites for hydroxylation is 3. The fraction of sp³-hybridized carbons (Fsp3) is 0.529. The number of nitrogens with zero attached hydrogens (tertiary/aromatic N) is 5. The normalized spacial score (nSPS) is 20.6.